The van der Waals surface area contributed by atoms with E-state index in [-0.39, 0.29) is 241 Å². The number of amides is 1. The number of aromatic nitrogens is 8. The summed E-state index contributed by atoms with van der Waals surface area (Å²) in [4.78, 5) is 57.7. The summed E-state index contributed by atoms with van der Waals surface area (Å²) in [5, 5.41) is 24.0. The molecular weight excluding hydrogens is 1550 g/mol. The van der Waals surface area contributed by atoms with Gasteiger partial charge in [-0.2, -0.15) is 9.97 Å². The Labute approximate surface area is 661 Å². The monoisotopic (exact) mass is 1620 g/mol. The van der Waals surface area contributed by atoms with E-state index in [4.69, 9.17) is 51.2 Å². The molecular formula is C55H71ClCs2F4N14O14S2Si. The van der Waals surface area contributed by atoms with Gasteiger partial charge in [0.25, 0.3) is 18.3 Å². The molecule has 0 spiro atoms. The number of rotatable bonds is 16. The zero-order chi connectivity index (χ0) is 67.2. The van der Waals surface area contributed by atoms with Crippen LogP contribution in [-0.4, -0.2) is 153 Å². The fourth-order valence-corrected chi connectivity index (χ4v) is 11.6. The molecule has 6 heterocycles. The maximum Gasteiger partial charge on any atom is 1.00 e. The molecule has 2 atom stereocenters. The number of aliphatic hydroxyl groups is 1. The van der Waals surface area contributed by atoms with E-state index in [9.17, 15) is 34.8 Å². The summed E-state index contributed by atoms with van der Waals surface area (Å²) in [6.07, 6.45) is 6.08. The maximum absolute atomic E-state index is 15.4. The average Bonchev–Trinajstić information content (AvgIpc) is 0.836. The summed E-state index contributed by atoms with van der Waals surface area (Å²) in [6, 6.07) is 8.31. The molecule has 28 nitrogen and oxygen atoms in total. The number of carbonyl (C=O) groups is 2. The molecule has 2 aliphatic heterocycles. The molecule has 498 valence electrons. The van der Waals surface area contributed by atoms with Crippen LogP contribution in [0.5, 0.6) is 5.88 Å². The first-order valence-electron chi connectivity index (χ1n) is 26.6. The summed E-state index contributed by atoms with van der Waals surface area (Å²) in [5.41, 5.74) is 1.79. The molecule has 38 heteroatoms. The molecule has 0 radical (unpaired) electrons. The van der Waals surface area contributed by atoms with E-state index in [0.29, 0.717) is 18.3 Å². The third-order valence-corrected chi connectivity index (χ3v) is 18.0. The minimum absolute atomic E-state index is 0. The molecule has 2 aromatic carbocycles. The molecule has 93 heavy (non-hydrogen) atoms. The van der Waals surface area contributed by atoms with Crippen molar-refractivity contribution in [3.8, 4) is 5.88 Å². The first-order chi connectivity index (χ1) is 41.9. The number of guanidine groups is 2. The van der Waals surface area contributed by atoms with E-state index >= 15 is 4.39 Å². The van der Waals surface area contributed by atoms with Crippen molar-refractivity contribution in [2.75, 3.05) is 38.9 Å². The van der Waals surface area contributed by atoms with Gasteiger partial charge in [0.2, 0.25) is 37.8 Å². The molecule has 0 bridgehead atoms. The SMILES string of the molecule is C.CN1C(N(COCC[Si](C)(C)C)C(=O)OC(C)(C)C)=N[C@](C)(c2cc(/C=C(\F)c3cnc(Cl)cn3)ccc2F)CS1(=O)=O.Cc1noc(CO)n1.Cc1noc(COc2cnc(/C(F)=C/c3ccc(F)c([C@]4(C)CS(=O)(=O)N(C)C(N)=N4)c3)cn2)n1.O=CO[O-].[Cs+].[Cs+].[H-]. The molecule has 0 saturated carbocycles. The molecule has 1 amide bonds. The van der Waals surface area contributed by atoms with Gasteiger partial charge in [0.1, 0.15) is 58.2 Å². The normalized spacial score (nSPS) is 17.5. The second kappa shape index (κ2) is 36.9. The average molecular weight is 1620 g/mol. The minimum atomic E-state index is -4.12. The van der Waals surface area contributed by atoms with E-state index in [1.165, 1.54) is 70.8 Å². The first kappa shape index (κ1) is 84.8. The minimum Gasteiger partial charge on any atom is -1.00 e. The maximum atomic E-state index is 15.4. The number of hydrogen-bond acceptors (Lipinski definition) is 25. The summed E-state index contributed by atoms with van der Waals surface area (Å²) in [6.45, 7) is 17.4. The number of carbonyl (C=O) groups excluding carboxylic acids is 2. The number of benzene rings is 2. The Hall–Kier alpha value is -4.25. The van der Waals surface area contributed by atoms with Crippen LogP contribution in [0.25, 0.3) is 23.8 Å². The number of hydrogen-bond donors (Lipinski definition) is 2. The quantitative estimate of drug-likeness (QED) is 0.0263. The van der Waals surface area contributed by atoms with Crippen LogP contribution >= 0.6 is 11.6 Å². The van der Waals surface area contributed by atoms with Gasteiger partial charge in [-0.1, -0.05) is 61.1 Å². The predicted molar refractivity (Wildman–Crippen MR) is 327 cm³/mol. The number of aliphatic imine (C=N–C) groups is 2. The van der Waals surface area contributed by atoms with E-state index in [1.807, 2.05) is 0 Å². The van der Waals surface area contributed by atoms with Gasteiger partial charge >= 0.3 is 144 Å². The predicted octanol–water partition coefficient (Wildman–Crippen LogP) is 1.35. The number of nitrogens with two attached hydrogens (primary N) is 1. The van der Waals surface area contributed by atoms with Crippen molar-refractivity contribution in [3.05, 3.63) is 135 Å². The van der Waals surface area contributed by atoms with Crippen molar-refractivity contribution in [3.63, 3.8) is 0 Å². The van der Waals surface area contributed by atoms with E-state index < -0.39 is 85.7 Å². The molecule has 4 aromatic heterocycles. The molecule has 0 aliphatic carbocycles. The van der Waals surface area contributed by atoms with Gasteiger partial charge in [-0.3, -0.25) is 4.79 Å². The van der Waals surface area contributed by atoms with Crippen LogP contribution in [0.15, 0.2) is 80.2 Å². The Morgan fingerprint density at radius 2 is 1.31 bits per heavy atom. The Balaban J connectivity index is 0.000000777. The molecule has 0 unspecified atom stereocenters. The van der Waals surface area contributed by atoms with E-state index in [1.54, 1.807) is 34.6 Å². The Morgan fingerprint density at radius 3 is 1.72 bits per heavy atom. The third kappa shape index (κ3) is 25.6. The summed E-state index contributed by atoms with van der Waals surface area (Å²) < 4.78 is 139. The number of ether oxygens (including phenoxy) is 3. The second-order valence-electron chi connectivity index (χ2n) is 22.2. The zero-order valence-electron chi connectivity index (χ0n) is 53.8. The molecule has 0 fully saturated rings. The van der Waals surface area contributed by atoms with Crippen molar-refractivity contribution in [1.29, 1.82) is 0 Å². The van der Waals surface area contributed by atoms with Crippen LogP contribution in [0.1, 0.15) is 101 Å². The number of aliphatic hydroxyl groups excluding tert-OH is 1. The van der Waals surface area contributed by atoms with Crippen LogP contribution < -0.4 is 154 Å². The van der Waals surface area contributed by atoms with Crippen molar-refractivity contribution < 1.29 is 222 Å². The van der Waals surface area contributed by atoms with Gasteiger partial charge in [0, 0.05) is 39.9 Å². The summed E-state index contributed by atoms with van der Waals surface area (Å²) in [7, 11) is -6.88. The number of nitrogens with zero attached hydrogens (tertiary/aromatic N) is 13. The van der Waals surface area contributed by atoms with Crippen LogP contribution in [0.3, 0.4) is 0 Å². The zero-order valence-corrected chi connectivity index (χ0v) is 68.8. The summed E-state index contributed by atoms with van der Waals surface area (Å²) in [5.74, 6) is -3.00. The Kier molecular flexibility index (Phi) is 33.7. The van der Waals surface area contributed by atoms with Gasteiger partial charge in [0.05, 0.1) is 36.3 Å². The largest absolute Gasteiger partial charge is 1.00 e. The van der Waals surface area contributed by atoms with Gasteiger partial charge in [0.15, 0.2) is 29.9 Å². The Bertz CT molecular complexity index is 3860. The van der Waals surface area contributed by atoms with Crippen LogP contribution in [-0.2, 0) is 63.5 Å². The topological polar surface area (TPSA) is 372 Å². The van der Waals surface area contributed by atoms with E-state index in [2.05, 4.69) is 79.3 Å². The van der Waals surface area contributed by atoms with Crippen molar-refractivity contribution in [2.24, 2.45) is 15.7 Å². The van der Waals surface area contributed by atoms with Gasteiger partial charge in [-0.15, -0.1) is 0 Å². The summed E-state index contributed by atoms with van der Waals surface area (Å²) >= 11 is 5.73. The third-order valence-electron chi connectivity index (χ3n) is 12.3. The van der Waals surface area contributed by atoms with Crippen molar-refractivity contribution >= 4 is 88.0 Å². The molecule has 2 aliphatic rings. The van der Waals surface area contributed by atoms with E-state index in [0.717, 1.165) is 50.0 Å². The molecule has 0 saturated heterocycles. The number of aryl methyl sites for hydroxylation is 2. The van der Waals surface area contributed by atoms with Gasteiger partial charge in [-0.05, 0) is 102 Å². The van der Waals surface area contributed by atoms with Crippen molar-refractivity contribution in [2.45, 2.75) is 111 Å². The van der Waals surface area contributed by atoms with Gasteiger partial charge in [-0.25, -0.2) is 82.6 Å². The molecule has 8 rings (SSSR count). The van der Waals surface area contributed by atoms with Gasteiger partial charge < -0.3 is 45.7 Å². The fraction of sp³-hybridized carbons (Fsp3) is 0.418. The van der Waals surface area contributed by atoms with Crippen LogP contribution in [0, 0.1) is 25.5 Å². The Morgan fingerprint density at radius 1 is 0.828 bits per heavy atom. The fourth-order valence-electron chi connectivity index (χ4n) is 7.82. The second-order valence-corrected chi connectivity index (χ2v) is 32.2. The number of sulfonamides is 2. The van der Waals surface area contributed by atoms with Crippen LogP contribution in [0.2, 0.25) is 30.8 Å². The van der Waals surface area contributed by atoms with Crippen LogP contribution in [0.4, 0.5) is 22.4 Å². The van der Waals surface area contributed by atoms with Crippen molar-refractivity contribution in [1.82, 2.24) is 53.7 Å². The first-order valence-corrected chi connectivity index (χ1v) is 33.9. The standard InChI is InChI=1S/C28H38ClF2N5O5SSi.C21H21F2N7O4S.C4H6N2O2.CH2O3.CH4.2Cs.H/c1-27(2,3)41-26(37)36(18-40-11-12-43(6,7)8)25-34-28(4,17-42(38,39)35(25)5)20-13-19(9-10-21(20)30)14-22(31)23-15-33-24(29)16-32-23;1-12-27-19(34-29-12)10-33-18-9-25-17(8-26-18)16(23)7-13-4-5-15(22)14(6-13)21(2)11-35(31,32)30(3)20(24)28-21;1-3-5-4(2-7)8-6-3;2-1-4-3;;;;/h9-10,13-16H,11-12,17-18H2,1-8H3;4-9H,10-11H2,1-3H3,(H2,24,28);7H,2H2,1H3;1,3H;1H4;;;/q;;;;;2*+1;-1/p-1/b22-14-;16-7-;;;;;;/t28-;21-;;;;;;/m00....../s1. The molecule has 6 aromatic rings. The number of halogens is 5. The smallest absolute Gasteiger partial charge is 1.00 e. The molecule has 3 N–H and O–H groups in total.